The predicted molar refractivity (Wildman–Crippen MR) is 113 cm³/mol. The summed E-state index contributed by atoms with van der Waals surface area (Å²) in [6.45, 7) is 0. The van der Waals surface area contributed by atoms with Gasteiger partial charge in [-0.25, -0.2) is 17.9 Å². The van der Waals surface area contributed by atoms with E-state index >= 15 is 0 Å². The Balaban J connectivity index is 1.29. The van der Waals surface area contributed by atoms with Crippen molar-refractivity contribution in [2.75, 3.05) is 0 Å². The monoisotopic (exact) mass is 440 g/mol. The summed E-state index contributed by atoms with van der Waals surface area (Å²) in [5, 5.41) is 4.33. The summed E-state index contributed by atoms with van der Waals surface area (Å²) in [5.41, 5.74) is 1.10. The van der Waals surface area contributed by atoms with Gasteiger partial charge in [0.2, 0.25) is 0 Å². The lowest BCUT2D eigenvalue weighted by Gasteiger charge is -2.27. The summed E-state index contributed by atoms with van der Waals surface area (Å²) in [6.07, 6.45) is 4.92. The molecule has 0 unspecified atom stereocenters. The SMILES string of the molecule is O=C(CC1CCC(C(=O)Cc2ccn(-c3ccccc3F)n2)CC1)c1ccc(F)c(F)c1. The van der Waals surface area contributed by atoms with Gasteiger partial charge in [-0.2, -0.15) is 5.10 Å². The zero-order chi connectivity index (χ0) is 22.7. The van der Waals surface area contributed by atoms with Gasteiger partial charge in [0.25, 0.3) is 0 Å². The Morgan fingerprint density at radius 1 is 0.906 bits per heavy atom. The van der Waals surface area contributed by atoms with E-state index < -0.39 is 11.6 Å². The van der Waals surface area contributed by atoms with Crippen molar-refractivity contribution in [1.29, 1.82) is 0 Å². The second-order valence-corrected chi connectivity index (χ2v) is 8.32. The quantitative estimate of drug-likeness (QED) is 0.457. The van der Waals surface area contributed by atoms with E-state index in [9.17, 15) is 22.8 Å². The number of aromatic nitrogens is 2. The molecule has 0 atom stereocenters. The Morgan fingerprint density at radius 3 is 2.38 bits per heavy atom. The van der Waals surface area contributed by atoms with Crippen molar-refractivity contribution in [3.05, 3.63) is 83.4 Å². The molecule has 1 aliphatic rings. The molecule has 0 aliphatic heterocycles. The number of hydrogen-bond acceptors (Lipinski definition) is 3. The molecule has 4 rings (SSSR count). The zero-order valence-corrected chi connectivity index (χ0v) is 17.4. The van der Waals surface area contributed by atoms with Gasteiger partial charge in [0.1, 0.15) is 17.3 Å². The number of carbonyl (C=O) groups is 2. The largest absolute Gasteiger partial charge is 0.299 e. The van der Waals surface area contributed by atoms with E-state index in [-0.39, 0.29) is 47.6 Å². The fraction of sp³-hybridized carbons (Fsp3) is 0.320. The molecule has 0 saturated heterocycles. The van der Waals surface area contributed by atoms with Crippen molar-refractivity contribution in [2.24, 2.45) is 11.8 Å². The maximum absolute atomic E-state index is 13.9. The van der Waals surface area contributed by atoms with Crippen LogP contribution in [-0.2, 0) is 11.2 Å². The Kier molecular flexibility index (Phi) is 6.53. The topological polar surface area (TPSA) is 52.0 Å². The second kappa shape index (κ2) is 9.51. The minimum atomic E-state index is -1.03. The van der Waals surface area contributed by atoms with Crippen LogP contribution in [0.2, 0.25) is 0 Å². The number of Topliss-reactive ketones (excluding diaryl/α,β-unsaturated/α-hetero) is 2. The van der Waals surface area contributed by atoms with Crippen LogP contribution in [0.1, 0.15) is 48.2 Å². The summed E-state index contributed by atoms with van der Waals surface area (Å²) in [5.74, 6) is -2.47. The van der Waals surface area contributed by atoms with Crippen LogP contribution in [0.3, 0.4) is 0 Å². The molecular weight excluding hydrogens is 417 g/mol. The molecule has 7 heteroatoms. The number of carbonyl (C=O) groups excluding carboxylic acids is 2. The Labute approximate surface area is 184 Å². The fourth-order valence-electron chi connectivity index (χ4n) is 4.29. The van der Waals surface area contributed by atoms with E-state index in [1.54, 1.807) is 30.5 Å². The lowest BCUT2D eigenvalue weighted by molar-refractivity contribution is -0.123. The van der Waals surface area contributed by atoms with Crippen molar-refractivity contribution < 1.29 is 22.8 Å². The molecule has 1 aliphatic carbocycles. The average molecular weight is 440 g/mol. The van der Waals surface area contributed by atoms with Crippen molar-refractivity contribution in [2.45, 2.75) is 38.5 Å². The molecule has 1 heterocycles. The number of hydrogen-bond donors (Lipinski definition) is 0. The number of rotatable bonds is 7. The van der Waals surface area contributed by atoms with Crippen LogP contribution in [0.4, 0.5) is 13.2 Å². The van der Waals surface area contributed by atoms with Crippen molar-refractivity contribution in [1.82, 2.24) is 9.78 Å². The van der Waals surface area contributed by atoms with Gasteiger partial charge in [0.15, 0.2) is 17.4 Å². The number of halogens is 3. The number of ketones is 2. The highest BCUT2D eigenvalue weighted by atomic mass is 19.2. The second-order valence-electron chi connectivity index (χ2n) is 8.32. The van der Waals surface area contributed by atoms with Crippen LogP contribution in [0.5, 0.6) is 0 Å². The summed E-state index contributed by atoms with van der Waals surface area (Å²) in [7, 11) is 0. The van der Waals surface area contributed by atoms with E-state index in [1.807, 2.05) is 0 Å². The molecule has 1 saturated carbocycles. The van der Waals surface area contributed by atoms with Crippen molar-refractivity contribution in [3.8, 4) is 5.69 Å². The van der Waals surface area contributed by atoms with Crippen LogP contribution in [0.25, 0.3) is 5.69 Å². The average Bonchev–Trinajstić information content (AvgIpc) is 3.24. The minimum absolute atomic E-state index is 0.0918. The van der Waals surface area contributed by atoms with Crippen LogP contribution < -0.4 is 0 Å². The van der Waals surface area contributed by atoms with Crippen LogP contribution in [0.15, 0.2) is 54.7 Å². The Bertz CT molecular complexity index is 1130. The van der Waals surface area contributed by atoms with Gasteiger partial charge in [-0.05, 0) is 68.0 Å². The lowest BCUT2D eigenvalue weighted by atomic mass is 9.77. The van der Waals surface area contributed by atoms with Gasteiger partial charge in [-0.15, -0.1) is 0 Å². The molecule has 32 heavy (non-hydrogen) atoms. The Hall–Kier alpha value is -3.22. The molecule has 4 nitrogen and oxygen atoms in total. The maximum Gasteiger partial charge on any atom is 0.163 e. The highest BCUT2D eigenvalue weighted by molar-refractivity contribution is 5.96. The third-order valence-corrected chi connectivity index (χ3v) is 6.12. The number of benzene rings is 2. The zero-order valence-electron chi connectivity index (χ0n) is 17.4. The molecule has 166 valence electrons. The van der Waals surface area contributed by atoms with Crippen LogP contribution in [0, 0.1) is 29.3 Å². The minimum Gasteiger partial charge on any atom is -0.299 e. The molecule has 0 N–H and O–H groups in total. The molecule has 3 aromatic rings. The van der Waals surface area contributed by atoms with Gasteiger partial charge in [0, 0.05) is 24.1 Å². The Morgan fingerprint density at radius 2 is 1.66 bits per heavy atom. The third kappa shape index (κ3) is 4.98. The molecule has 0 spiro atoms. The molecule has 0 amide bonds. The van der Waals surface area contributed by atoms with E-state index in [2.05, 4.69) is 5.10 Å². The van der Waals surface area contributed by atoms with E-state index in [4.69, 9.17) is 0 Å². The molecule has 2 aromatic carbocycles. The smallest absolute Gasteiger partial charge is 0.163 e. The standard InChI is InChI=1S/C25H23F3N2O2/c26-20-10-9-18(14-22(20)28)24(31)13-16-5-7-17(8-6-16)25(32)15-19-11-12-30(29-19)23-4-2-1-3-21(23)27/h1-4,9-12,14,16-17H,5-8,13,15H2. The number of para-hydroxylation sites is 1. The highest BCUT2D eigenvalue weighted by Crippen LogP contribution is 2.33. The molecular formula is C25H23F3N2O2. The normalized spacial score (nSPS) is 18.5. The first-order valence-electron chi connectivity index (χ1n) is 10.7. The lowest BCUT2D eigenvalue weighted by Crippen LogP contribution is -2.24. The number of nitrogens with zero attached hydrogens (tertiary/aromatic N) is 2. The molecule has 1 fully saturated rings. The summed E-state index contributed by atoms with van der Waals surface area (Å²) in [6, 6.07) is 11.2. The van der Waals surface area contributed by atoms with Crippen LogP contribution >= 0.6 is 0 Å². The molecule has 1 aromatic heterocycles. The van der Waals surface area contributed by atoms with E-state index in [0.29, 0.717) is 24.2 Å². The van der Waals surface area contributed by atoms with Gasteiger partial charge in [-0.3, -0.25) is 9.59 Å². The fourth-order valence-corrected chi connectivity index (χ4v) is 4.29. The summed E-state index contributed by atoms with van der Waals surface area (Å²) < 4.78 is 41.8. The summed E-state index contributed by atoms with van der Waals surface area (Å²) >= 11 is 0. The van der Waals surface area contributed by atoms with E-state index in [0.717, 1.165) is 25.0 Å². The van der Waals surface area contributed by atoms with Crippen LogP contribution in [-0.4, -0.2) is 21.3 Å². The maximum atomic E-state index is 13.9. The van der Waals surface area contributed by atoms with Gasteiger partial charge in [0.05, 0.1) is 12.1 Å². The van der Waals surface area contributed by atoms with E-state index in [1.165, 1.54) is 16.8 Å². The van der Waals surface area contributed by atoms with Gasteiger partial charge >= 0.3 is 0 Å². The predicted octanol–water partition coefficient (Wildman–Crippen LogP) is 5.48. The summed E-state index contributed by atoms with van der Waals surface area (Å²) in [4.78, 5) is 25.1. The van der Waals surface area contributed by atoms with Crippen molar-refractivity contribution >= 4 is 11.6 Å². The highest BCUT2D eigenvalue weighted by Gasteiger charge is 2.28. The molecule has 0 radical (unpaired) electrons. The third-order valence-electron chi connectivity index (χ3n) is 6.12. The van der Waals surface area contributed by atoms with Gasteiger partial charge < -0.3 is 0 Å². The van der Waals surface area contributed by atoms with Gasteiger partial charge in [-0.1, -0.05) is 12.1 Å². The van der Waals surface area contributed by atoms with Crippen molar-refractivity contribution in [3.63, 3.8) is 0 Å². The molecule has 0 bridgehead atoms. The first kappa shape index (κ1) is 22.0. The first-order chi connectivity index (χ1) is 15.4. The first-order valence-corrected chi connectivity index (χ1v) is 10.7.